The predicted octanol–water partition coefficient (Wildman–Crippen LogP) is 1.20. The second-order valence-electron chi connectivity index (χ2n) is 4.57. The maximum absolute atomic E-state index is 5.89. The first-order chi connectivity index (χ1) is 8.04. The molecule has 0 aliphatic carbocycles. The van der Waals surface area contributed by atoms with Crippen LogP contribution in [0.25, 0.3) is 11.6 Å². The average molecular weight is 233 g/mol. The van der Waals surface area contributed by atoms with Gasteiger partial charge in [0, 0.05) is 24.4 Å². The molecule has 0 spiro atoms. The fraction of sp³-hybridized carbons (Fsp3) is 0.455. The van der Waals surface area contributed by atoms with Crippen LogP contribution in [-0.4, -0.2) is 25.6 Å². The van der Waals surface area contributed by atoms with Gasteiger partial charge < -0.3 is 10.3 Å². The Morgan fingerprint density at radius 3 is 2.59 bits per heavy atom. The molecule has 0 saturated carbocycles. The number of aryl methyl sites for hydroxylation is 1. The van der Waals surface area contributed by atoms with Crippen LogP contribution in [0.4, 0.5) is 0 Å². The fourth-order valence-corrected chi connectivity index (χ4v) is 1.29. The summed E-state index contributed by atoms with van der Waals surface area (Å²) >= 11 is 0. The maximum Gasteiger partial charge on any atom is 0.240 e. The van der Waals surface area contributed by atoms with E-state index in [0.29, 0.717) is 24.0 Å². The normalized spacial score (nSPS) is 11.7. The van der Waals surface area contributed by atoms with E-state index in [1.807, 2.05) is 13.8 Å². The van der Waals surface area contributed by atoms with E-state index in [1.54, 1.807) is 18.5 Å². The zero-order chi connectivity index (χ0) is 12.3. The largest absolute Gasteiger partial charge is 0.339 e. The van der Waals surface area contributed by atoms with Gasteiger partial charge in [-0.3, -0.25) is 0 Å². The molecule has 2 N–H and O–H groups in total. The molecule has 0 atom stereocenters. The Labute approximate surface area is 99.3 Å². The number of nitrogens with two attached hydrogens (primary N) is 1. The molecule has 0 aliphatic rings. The van der Waals surface area contributed by atoms with Gasteiger partial charge in [0.25, 0.3) is 0 Å². The van der Waals surface area contributed by atoms with Gasteiger partial charge in [-0.05, 0) is 26.3 Å². The number of aromatic nitrogens is 4. The van der Waals surface area contributed by atoms with Gasteiger partial charge in [-0.25, -0.2) is 9.97 Å². The van der Waals surface area contributed by atoms with Crippen molar-refractivity contribution in [1.29, 1.82) is 0 Å². The first kappa shape index (κ1) is 11.7. The second-order valence-corrected chi connectivity index (χ2v) is 4.57. The Morgan fingerprint density at radius 1 is 1.24 bits per heavy atom. The topological polar surface area (TPSA) is 90.7 Å². The van der Waals surface area contributed by atoms with Crippen molar-refractivity contribution < 1.29 is 4.52 Å². The summed E-state index contributed by atoms with van der Waals surface area (Å²) in [7, 11) is 0. The van der Waals surface area contributed by atoms with Crippen LogP contribution in [0.3, 0.4) is 0 Å². The summed E-state index contributed by atoms with van der Waals surface area (Å²) in [4.78, 5) is 12.3. The van der Waals surface area contributed by atoms with Gasteiger partial charge >= 0.3 is 0 Å². The molecule has 2 aromatic heterocycles. The lowest BCUT2D eigenvalue weighted by molar-refractivity contribution is 0.358. The molecule has 0 radical (unpaired) electrons. The molecule has 2 rings (SSSR count). The smallest absolute Gasteiger partial charge is 0.240 e. The molecule has 0 bridgehead atoms. The number of hydrogen-bond acceptors (Lipinski definition) is 6. The summed E-state index contributed by atoms with van der Waals surface area (Å²) < 4.78 is 5.12. The highest BCUT2D eigenvalue weighted by molar-refractivity contribution is 5.40. The van der Waals surface area contributed by atoms with E-state index in [2.05, 4.69) is 20.1 Å². The van der Waals surface area contributed by atoms with Crippen molar-refractivity contribution in [3.63, 3.8) is 0 Å². The average Bonchev–Trinajstić information content (AvgIpc) is 2.75. The summed E-state index contributed by atoms with van der Waals surface area (Å²) in [5.41, 5.74) is 5.65. The van der Waals surface area contributed by atoms with Gasteiger partial charge in [-0.1, -0.05) is 5.16 Å². The summed E-state index contributed by atoms with van der Waals surface area (Å²) in [6.45, 7) is 3.93. The van der Waals surface area contributed by atoms with E-state index < -0.39 is 0 Å². The summed E-state index contributed by atoms with van der Waals surface area (Å²) in [6.07, 6.45) is 4.72. The van der Waals surface area contributed by atoms with Crippen molar-refractivity contribution in [3.05, 3.63) is 24.4 Å². The van der Waals surface area contributed by atoms with Gasteiger partial charge in [0.2, 0.25) is 17.5 Å². The number of rotatable bonds is 4. The quantitative estimate of drug-likeness (QED) is 0.853. The highest BCUT2D eigenvalue weighted by Crippen LogP contribution is 2.13. The second kappa shape index (κ2) is 4.58. The van der Waals surface area contributed by atoms with Crippen LogP contribution < -0.4 is 5.73 Å². The summed E-state index contributed by atoms with van der Waals surface area (Å²) in [5.74, 6) is 1.44. The van der Waals surface area contributed by atoms with Crippen molar-refractivity contribution in [2.45, 2.75) is 32.2 Å². The molecular weight excluding hydrogens is 218 g/mol. The maximum atomic E-state index is 5.89. The van der Waals surface area contributed by atoms with Gasteiger partial charge in [0.1, 0.15) is 0 Å². The molecule has 0 fully saturated rings. The Balaban J connectivity index is 2.07. The Hall–Kier alpha value is -1.82. The zero-order valence-corrected chi connectivity index (χ0v) is 9.92. The van der Waals surface area contributed by atoms with Crippen molar-refractivity contribution in [2.75, 3.05) is 0 Å². The molecule has 90 valence electrons. The molecule has 0 aromatic carbocycles. The van der Waals surface area contributed by atoms with Crippen molar-refractivity contribution in [2.24, 2.45) is 5.73 Å². The van der Waals surface area contributed by atoms with E-state index in [-0.39, 0.29) is 5.54 Å². The van der Waals surface area contributed by atoms with Gasteiger partial charge in [-0.2, -0.15) is 4.98 Å². The van der Waals surface area contributed by atoms with Crippen LogP contribution in [0.5, 0.6) is 0 Å². The van der Waals surface area contributed by atoms with Crippen LogP contribution in [0.1, 0.15) is 26.2 Å². The Kier molecular flexibility index (Phi) is 3.14. The molecule has 2 heterocycles. The molecule has 0 aliphatic heterocycles. The number of nitrogens with zero attached hydrogens (tertiary/aromatic N) is 4. The van der Waals surface area contributed by atoms with E-state index in [4.69, 9.17) is 10.3 Å². The highest BCUT2D eigenvalue weighted by atomic mass is 16.5. The lowest BCUT2D eigenvalue weighted by Crippen LogP contribution is -2.32. The zero-order valence-electron chi connectivity index (χ0n) is 9.92. The molecule has 17 heavy (non-hydrogen) atoms. The molecule has 0 unspecified atom stereocenters. The summed E-state index contributed by atoms with van der Waals surface area (Å²) in [6, 6.07) is 1.74. The third kappa shape index (κ3) is 3.32. The highest BCUT2D eigenvalue weighted by Gasteiger charge is 2.15. The SMILES string of the molecule is CC(C)(N)CCc1nc(-c2ncccn2)no1. The van der Waals surface area contributed by atoms with Crippen LogP contribution in [-0.2, 0) is 6.42 Å². The molecule has 2 aromatic rings. The first-order valence-corrected chi connectivity index (χ1v) is 5.43. The van der Waals surface area contributed by atoms with Crippen LogP contribution in [0, 0.1) is 0 Å². The monoisotopic (exact) mass is 233 g/mol. The molecule has 0 saturated heterocycles. The minimum atomic E-state index is -0.238. The van der Waals surface area contributed by atoms with Gasteiger partial charge in [0.05, 0.1) is 0 Å². The van der Waals surface area contributed by atoms with E-state index in [1.165, 1.54) is 0 Å². The lowest BCUT2D eigenvalue weighted by atomic mass is 10.0. The Bertz CT molecular complexity index is 474. The molecule has 6 nitrogen and oxygen atoms in total. The van der Waals surface area contributed by atoms with Crippen LogP contribution in [0.15, 0.2) is 23.0 Å². The van der Waals surface area contributed by atoms with Crippen molar-refractivity contribution >= 4 is 0 Å². The van der Waals surface area contributed by atoms with E-state index in [0.717, 1.165) is 6.42 Å². The van der Waals surface area contributed by atoms with Crippen molar-refractivity contribution in [1.82, 2.24) is 20.1 Å². The molecular formula is C11H15N5O. The van der Waals surface area contributed by atoms with E-state index >= 15 is 0 Å². The van der Waals surface area contributed by atoms with Crippen LogP contribution in [0.2, 0.25) is 0 Å². The number of hydrogen-bond donors (Lipinski definition) is 1. The van der Waals surface area contributed by atoms with Gasteiger partial charge in [-0.15, -0.1) is 0 Å². The molecule has 0 amide bonds. The van der Waals surface area contributed by atoms with Crippen LogP contribution >= 0.6 is 0 Å². The Morgan fingerprint density at radius 2 is 1.94 bits per heavy atom. The lowest BCUT2D eigenvalue weighted by Gasteiger charge is -2.16. The minimum absolute atomic E-state index is 0.238. The minimum Gasteiger partial charge on any atom is -0.339 e. The predicted molar refractivity (Wildman–Crippen MR) is 61.9 cm³/mol. The summed E-state index contributed by atoms with van der Waals surface area (Å²) in [5, 5.41) is 3.84. The van der Waals surface area contributed by atoms with E-state index in [9.17, 15) is 0 Å². The van der Waals surface area contributed by atoms with Crippen molar-refractivity contribution in [3.8, 4) is 11.6 Å². The van der Waals surface area contributed by atoms with Gasteiger partial charge in [0.15, 0.2) is 0 Å². The standard InChI is InChI=1S/C11H15N5O/c1-11(2,12)5-4-8-15-10(16-17-8)9-13-6-3-7-14-9/h3,6-7H,4-5,12H2,1-2H3. The molecule has 6 heteroatoms. The third-order valence-corrected chi connectivity index (χ3v) is 2.22. The third-order valence-electron chi connectivity index (χ3n) is 2.22. The fourth-order valence-electron chi connectivity index (χ4n) is 1.29. The first-order valence-electron chi connectivity index (χ1n) is 5.43.